The van der Waals surface area contributed by atoms with Gasteiger partial charge in [-0.3, -0.25) is 4.98 Å². The van der Waals surface area contributed by atoms with E-state index in [2.05, 4.69) is 69.9 Å². The van der Waals surface area contributed by atoms with E-state index in [1.165, 1.54) is 16.4 Å². The summed E-state index contributed by atoms with van der Waals surface area (Å²) in [5, 5.41) is 1.49. The number of hydrogen-bond donors (Lipinski definition) is 0. The minimum atomic E-state index is -1.33. The summed E-state index contributed by atoms with van der Waals surface area (Å²) < 4.78 is 0. The average Bonchev–Trinajstić information content (AvgIpc) is 2.38. The lowest BCUT2D eigenvalue weighted by molar-refractivity contribution is 0.831. The van der Waals surface area contributed by atoms with Crippen molar-refractivity contribution in [3.05, 3.63) is 48.2 Å². The monoisotopic (exact) mass is 269 g/mol. The summed E-state index contributed by atoms with van der Waals surface area (Å²) in [7, 11) is -1.33. The van der Waals surface area contributed by atoms with Crippen LogP contribution in [0.1, 0.15) is 25.5 Å². The second kappa shape index (κ2) is 5.30. The van der Waals surface area contributed by atoms with Crippen molar-refractivity contribution in [3.63, 3.8) is 0 Å². The molecule has 0 bridgehead atoms. The molecule has 0 saturated heterocycles. The molecule has 0 N–H and O–H groups in total. The van der Waals surface area contributed by atoms with Gasteiger partial charge >= 0.3 is 0 Å². The molecule has 0 unspecified atom stereocenters. The zero-order valence-corrected chi connectivity index (χ0v) is 13.6. The van der Waals surface area contributed by atoms with Gasteiger partial charge in [0, 0.05) is 11.3 Å². The first-order valence-electron chi connectivity index (χ1n) is 6.96. The predicted molar refractivity (Wildman–Crippen MR) is 86.7 cm³/mol. The Hall–Kier alpha value is -1.41. The van der Waals surface area contributed by atoms with Gasteiger partial charge < -0.3 is 0 Å². The van der Waals surface area contributed by atoms with Gasteiger partial charge in [-0.2, -0.15) is 0 Å². The maximum Gasteiger partial charge on any atom is 0.0800 e. The number of aromatic nitrogens is 1. The number of benzene rings is 1. The van der Waals surface area contributed by atoms with Gasteiger partial charge in [0.1, 0.15) is 0 Å². The van der Waals surface area contributed by atoms with Crippen molar-refractivity contribution >= 4 is 13.3 Å². The second-order valence-electron chi connectivity index (χ2n) is 6.40. The van der Waals surface area contributed by atoms with Crippen LogP contribution in [0.3, 0.4) is 0 Å². The van der Waals surface area contributed by atoms with Crippen LogP contribution in [0.25, 0.3) is 11.3 Å². The first-order chi connectivity index (χ1) is 8.89. The third kappa shape index (κ3) is 3.13. The molecule has 1 aromatic heterocycles. The van der Waals surface area contributed by atoms with Crippen LogP contribution in [-0.2, 0) is 0 Å². The molecule has 100 valence electrons. The quantitative estimate of drug-likeness (QED) is 0.752. The fraction of sp³-hybridized carbons (Fsp3) is 0.353. The molecule has 0 atom stereocenters. The molecule has 2 rings (SSSR count). The summed E-state index contributed by atoms with van der Waals surface area (Å²) in [5.41, 5.74) is 3.57. The standard InChI is InChI=1S/C17H23NSi/c1-13(2)17-16(19(3,4)5)12-11-15(18-17)14-9-7-6-8-10-14/h6-13H,1-5H3. The summed E-state index contributed by atoms with van der Waals surface area (Å²) in [4.78, 5) is 4.94. The van der Waals surface area contributed by atoms with E-state index in [4.69, 9.17) is 4.98 Å². The van der Waals surface area contributed by atoms with Crippen molar-refractivity contribution in [3.8, 4) is 11.3 Å². The molecule has 0 aliphatic rings. The zero-order valence-electron chi connectivity index (χ0n) is 12.6. The van der Waals surface area contributed by atoms with Crippen molar-refractivity contribution in [2.24, 2.45) is 0 Å². The highest BCUT2D eigenvalue weighted by Gasteiger charge is 2.22. The maximum absolute atomic E-state index is 4.94. The molecular formula is C17H23NSi. The molecule has 1 heterocycles. The van der Waals surface area contributed by atoms with Gasteiger partial charge in [0.25, 0.3) is 0 Å². The lowest BCUT2D eigenvalue weighted by atomic mass is 10.1. The third-order valence-electron chi connectivity index (χ3n) is 3.35. The fourth-order valence-electron chi connectivity index (χ4n) is 2.32. The summed E-state index contributed by atoms with van der Waals surface area (Å²) in [6.07, 6.45) is 0. The van der Waals surface area contributed by atoms with Crippen LogP contribution in [0.5, 0.6) is 0 Å². The van der Waals surface area contributed by atoms with E-state index in [-0.39, 0.29) is 0 Å². The predicted octanol–water partition coefficient (Wildman–Crippen LogP) is 4.42. The molecule has 0 aliphatic carbocycles. The largest absolute Gasteiger partial charge is 0.253 e. The highest BCUT2D eigenvalue weighted by Crippen LogP contribution is 2.21. The van der Waals surface area contributed by atoms with Gasteiger partial charge in [-0.15, -0.1) is 0 Å². The normalized spacial score (nSPS) is 11.9. The van der Waals surface area contributed by atoms with E-state index in [9.17, 15) is 0 Å². The Balaban J connectivity index is 2.55. The van der Waals surface area contributed by atoms with Crippen LogP contribution in [-0.4, -0.2) is 13.1 Å². The van der Waals surface area contributed by atoms with Gasteiger partial charge in [0.2, 0.25) is 0 Å². The molecule has 0 saturated carbocycles. The fourth-order valence-corrected chi connectivity index (χ4v) is 4.02. The van der Waals surface area contributed by atoms with E-state index in [1.54, 1.807) is 0 Å². The molecule has 19 heavy (non-hydrogen) atoms. The van der Waals surface area contributed by atoms with Crippen LogP contribution >= 0.6 is 0 Å². The van der Waals surface area contributed by atoms with Crippen LogP contribution in [0, 0.1) is 0 Å². The molecule has 0 amide bonds. The zero-order chi connectivity index (χ0) is 14.0. The van der Waals surface area contributed by atoms with Crippen molar-refractivity contribution in [2.75, 3.05) is 0 Å². The van der Waals surface area contributed by atoms with E-state index >= 15 is 0 Å². The molecular weight excluding hydrogens is 246 g/mol. The molecule has 1 nitrogen and oxygen atoms in total. The van der Waals surface area contributed by atoms with Gasteiger partial charge in [-0.25, -0.2) is 0 Å². The Kier molecular flexibility index (Phi) is 3.90. The Labute approximate surface area is 117 Å². The Morgan fingerprint density at radius 1 is 0.895 bits per heavy atom. The van der Waals surface area contributed by atoms with Crippen LogP contribution < -0.4 is 5.19 Å². The minimum Gasteiger partial charge on any atom is -0.253 e. The number of pyridine rings is 1. The van der Waals surface area contributed by atoms with Crippen molar-refractivity contribution in [1.29, 1.82) is 0 Å². The summed E-state index contributed by atoms with van der Waals surface area (Å²) in [6.45, 7) is 11.6. The molecule has 0 spiro atoms. The smallest absolute Gasteiger partial charge is 0.0800 e. The Bertz CT molecular complexity index is 553. The first-order valence-corrected chi connectivity index (χ1v) is 10.5. The van der Waals surface area contributed by atoms with Crippen LogP contribution in [0.4, 0.5) is 0 Å². The summed E-state index contributed by atoms with van der Waals surface area (Å²) in [5.74, 6) is 0.477. The van der Waals surface area contributed by atoms with Crippen molar-refractivity contribution in [1.82, 2.24) is 4.98 Å². The Morgan fingerprint density at radius 2 is 1.53 bits per heavy atom. The van der Waals surface area contributed by atoms with Gasteiger partial charge in [0.05, 0.1) is 13.8 Å². The second-order valence-corrected chi connectivity index (χ2v) is 11.4. The highest BCUT2D eigenvalue weighted by atomic mass is 28.3. The first kappa shape index (κ1) is 14.0. The third-order valence-corrected chi connectivity index (χ3v) is 5.39. The lowest BCUT2D eigenvalue weighted by Gasteiger charge is -2.22. The summed E-state index contributed by atoms with van der Waals surface area (Å²) in [6, 6.07) is 14.9. The number of nitrogens with zero attached hydrogens (tertiary/aromatic N) is 1. The molecule has 2 heteroatoms. The lowest BCUT2D eigenvalue weighted by Crippen LogP contribution is -2.41. The molecule has 0 fully saturated rings. The minimum absolute atomic E-state index is 0.477. The Morgan fingerprint density at radius 3 is 2.05 bits per heavy atom. The van der Waals surface area contributed by atoms with Gasteiger partial charge in [0.15, 0.2) is 0 Å². The molecule has 0 aliphatic heterocycles. The van der Waals surface area contributed by atoms with E-state index < -0.39 is 8.07 Å². The van der Waals surface area contributed by atoms with Crippen LogP contribution in [0.2, 0.25) is 19.6 Å². The molecule has 1 aromatic carbocycles. The maximum atomic E-state index is 4.94. The van der Waals surface area contributed by atoms with Crippen LogP contribution in [0.15, 0.2) is 42.5 Å². The van der Waals surface area contributed by atoms with E-state index in [0.29, 0.717) is 5.92 Å². The van der Waals surface area contributed by atoms with Gasteiger partial charge in [-0.1, -0.05) is 69.9 Å². The van der Waals surface area contributed by atoms with Crippen molar-refractivity contribution < 1.29 is 0 Å². The van der Waals surface area contributed by atoms with E-state index in [1.807, 2.05) is 6.07 Å². The van der Waals surface area contributed by atoms with E-state index in [0.717, 1.165) is 5.69 Å². The number of hydrogen-bond acceptors (Lipinski definition) is 1. The van der Waals surface area contributed by atoms with Crippen molar-refractivity contribution in [2.45, 2.75) is 39.4 Å². The SMILES string of the molecule is CC(C)c1nc(-c2ccccc2)ccc1[Si](C)(C)C. The summed E-state index contributed by atoms with van der Waals surface area (Å²) >= 11 is 0. The molecule has 0 radical (unpaired) electrons. The van der Waals surface area contributed by atoms with Gasteiger partial charge in [-0.05, 0) is 17.2 Å². The highest BCUT2D eigenvalue weighted by molar-refractivity contribution is 6.89. The topological polar surface area (TPSA) is 12.9 Å². The molecule has 2 aromatic rings. The average molecular weight is 269 g/mol. The number of rotatable bonds is 3.